The summed E-state index contributed by atoms with van der Waals surface area (Å²) < 4.78 is 31.0. The Morgan fingerprint density at radius 3 is 2.82 bits per heavy atom. The molecule has 0 saturated heterocycles. The summed E-state index contributed by atoms with van der Waals surface area (Å²) in [4.78, 5) is 11.5. The highest BCUT2D eigenvalue weighted by atomic mass is 19.1. The zero-order valence-electron chi connectivity index (χ0n) is 9.21. The van der Waals surface area contributed by atoms with Crippen molar-refractivity contribution in [1.82, 2.24) is 5.32 Å². The van der Waals surface area contributed by atoms with E-state index in [1.54, 1.807) is 0 Å². The van der Waals surface area contributed by atoms with E-state index in [2.05, 4.69) is 5.32 Å². The highest BCUT2D eigenvalue weighted by Crippen LogP contribution is 2.09. The van der Waals surface area contributed by atoms with E-state index in [1.165, 1.54) is 0 Å². The molecule has 0 bridgehead atoms. The third-order valence-electron chi connectivity index (χ3n) is 1.97. The van der Waals surface area contributed by atoms with E-state index in [9.17, 15) is 13.6 Å². The number of halogens is 2. The third-order valence-corrected chi connectivity index (χ3v) is 1.97. The van der Waals surface area contributed by atoms with Crippen molar-refractivity contribution in [2.45, 2.75) is 0 Å². The molecular formula is C11H14F2N2O2. The van der Waals surface area contributed by atoms with Crippen LogP contribution < -0.4 is 11.1 Å². The predicted octanol–water partition coefficient (Wildman–Crippen LogP) is 0.670. The second-order valence-corrected chi connectivity index (χ2v) is 3.28. The molecule has 1 aromatic carbocycles. The van der Waals surface area contributed by atoms with Gasteiger partial charge in [-0.2, -0.15) is 0 Å². The molecule has 0 heterocycles. The third kappa shape index (κ3) is 4.46. The molecule has 0 atom stereocenters. The zero-order chi connectivity index (χ0) is 12.7. The van der Waals surface area contributed by atoms with Gasteiger partial charge in [-0.15, -0.1) is 0 Å². The second kappa shape index (κ2) is 6.93. The molecule has 0 fully saturated rings. The minimum absolute atomic E-state index is 0.217. The molecule has 0 spiro atoms. The molecule has 1 aromatic rings. The van der Waals surface area contributed by atoms with Crippen molar-refractivity contribution in [2.75, 3.05) is 26.3 Å². The van der Waals surface area contributed by atoms with Gasteiger partial charge in [0, 0.05) is 13.1 Å². The number of nitrogens with two attached hydrogens (primary N) is 1. The highest BCUT2D eigenvalue weighted by molar-refractivity contribution is 5.94. The molecule has 0 saturated carbocycles. The molecule has 0 unspecified atom stereocenters. The number of ether oxygens (including phenoxy) is 1. The molecule has 17 heavy (non-hydrogen) atoms. The van der Waals surface area contributed by atoms with Crippen molar-refractivity contribution in [3.63, 3.8) is 0 Å². The molecule has 0 aromatic heterocycles. The van der Waals surface area contributed by atoms with Crippen molar-refractivity contribution in [1.29, 1.82) is 0 Å². The van der Waals surface area contributed by atoms with Crippen molar-refractivity contribution in [2.24, 2.45) is 5.73 Å². The first-order valence-electron chi connectivity index (χ1n) is 5.16. The van der Waals surface area contributed by atoms with Gasteiger partial charge in [0.15, 0.2) is 0 Å². The fourth-order valence-corrected chi connectivity index (χ4v) is 1.19. The lowest BCUT2D eigenvalue weighted by Gasteiger charge is -2.06. The van der Waals surface area contributed by atoms with Crippen LogP contribution in [0.25, 0.3) is 0 Å². The monoisotopic (exact) mass is 244 g/mol. The van der Waals surface area contributed by atoms with Crippen LogP contribution in [0, 0.1) is 11.6 Å². The first-order chi connectivity index (χ1) is 8.15. The SMILES string of the molecule is NCCOCCNC(=O)c1cc(F)ccc1F. The van der Waals surface area contributed by atoms with E-state index in [1.807, 2.05) is 0 Å². The Hall–Kier alpha value is -1.53. The van der Waals surface area contributed by atoms with Gasteiger partial charge in [-0.05, 0) is 18.2 Å². The number of benzene rings is 1. The van der Waals surface area contributed by atoms with E-state index in [0.717, 1.165) is 18.2 Å². The Balaban J connectivity index is 2.44. The number of amides is 1. The maximum atomic E-state index is 13.2. The molecule has 1 rings (SSSR count). The van der Waals surface area contributed by atoms with Crippen LogP contribution >= 0.6 is 0 Å². The van der Waals surface area contributed by atoms with Crippen LogP contribution in [0.5, 0.6) is 0 Å². The molecule has 4 nitrogen and oxygen atoms in total. The van der Waals surface area contributed by atoms with E-state index < -0.39 is 17.5 Å². The number of hydrogen-bond donors (Lipinski definition) is 2. The summed E-state index contributed by atoms with van der Waals surface area (Å²) in [5.74, 6) is -2.08. The van der Waals surface area contributed by atoms with Gasteiger partial charge in [0.2, 0.25) is 0 Å². The summed E-state index contributed by atoms with van der Waals surface area (Å²) in [5, 5.41) is 2.41. The summed E-state index contributed by atoms with van der Waals surface area (Å²) in [5.41, 5.74) is 4.88. The van der Waals surface area contributed by atoms with Gasteiger partial charge in [0.05, 0.1) is 18.8 Å². The first kappa shape index (κ1) is 13.5. The number of nitrogens with one attached hydrogen (secondary N) is 1. The highest BCUT2D eigenvalue weighted by Gasteiger charge is 2.11. The minimum atomic E-state index is -0.758. The molecular weight excluding hydrogens is 230 g/mol. The molecule has 3 N–H and O–H groups in total. The predicted molar refractivity (Wildman–Crippen MR) is 58.6 cm³/mol. The summed E-state index contributed by atoms with van der Waals surface area (Å²) in [6.45, 7) is 1.28. The van der Waals surface area contributed by atoms with Gasteiger partial charge in [-0.3, -0.25) is 4.79 Å². The molecule has 0 aliphatic carbocycles. The van der Waals surface area contributed by atoms with Gasteiger partial charge in [-0.25, -0.2) is 8.78 Å². The van der Waals surface area contributed by atoms with Gasteiger partial charge >= 0.3 is 0 Å². The summed E-state index contributed by atoms with van der Waals surface area (Å²) in [6.07, 6.45) is 0. The van der Waals surface area contributed by atoms with Crippen LogP contribution in [0.1, 0.15) is 10.4 Å². The topological polar surface area (TPSA) is 64.3 Å². The van der Waals surface area contributed by atoms with Gasteiger partial charge < -0.3 is 15.8 Å². The van der Waals surface area contributed by atoms with Crippen molar-refractivity contribution >= 4 is 5.91 Å². The minimum Gasteiger partial charge on any atom is -0.378 e. The molecule has 0 aliphatic rings. The maximum Gasteiger partial charge on any atom is 0.254 e. The largest absolute Gasteiger partial charge is 0.378 e. The normalized spacial score (nSPS) is 10.3. The van der Waals surface area contributed by atoms with Crippen LogP contribution in [0.4, 0.5) is 8.78 Å². The van der Waals surface area contributed by atoms with Crippen molar-refractivity contribution in [3.05, 3.63) is 35.4 Å². The van der Waals surface area contributed by atoms with Crippen LogP contribution in [0.2, 0.25) is 0 Å². The Kier molecular flexibility index (Phi) is 5.51. The number of carbonyl (C=O) groups is 1. The van der Waals surface area contributed by atoms with Crippen LogP contribution in [-0.4, -0.2) is 32.2 Å². The molecule has 0 radical (unpaired) electrons. The molecule has 1 amide bonds. The van der Waals surface area contributed by atoms with Crippen molar-refractivity contribution < 1.29 is 18.3 Å². The number of rotatable bonds is 6. The summed E-state index contributed by atoms with van der Waals surface area (Å²) >= 11 is 0. The van der Waals surface area contributed by atoms with Crippen LogP contribution in [-0.2, 0) is 4.74 Å². The molecule has 6 heteroatoms. The number of hydrogen-bond acceptors (Lipinski definition) is 3. The first-order valence-corrected chi connectivity index (χ1v) is 5.16. The average Bonchev–Trinajstić information content (AvgIpc) is 2.32. The lowest BCUT2D eigenvalue weighted by molar-refractivity contribution is 0.0915. The number of carbonyl (C=O) groups excluding carboxylic acids is 1. The lowest BCUT2D eigenvalue weighted by Crippen LogP contribution is -2.28. The fourth-order valence-electron chi connectivity index (χ4n) is 1.19. The Labute approximate surface area is 97.8 Å². The standard InChI is InChI=1S/C11H14F2N2O2/c12-8-1-2-10(13)9(7-8)11(16)15-4-6-17-5-3-14/h1-2,7H,3-6,14H2,(H,15,16). The van der Waals surface area contributed by atoms with Gasteiger partial charge in [0.25, 0.3) is 5.91 Å². The second-order valence-electron chi connectivity index (χ2n) is 3.28. The van der Waals surface area contributed by atoms with Gasteiger partial charge in [0.1, 0.15) is 11.6 Å². The van der Waals surface area contributed by atoms with Gasteiger partial charge in [-0.1, -0.05) is 0 Å². The van der Waals surface area contributed by atoms with Crippen LogP contribution in [0.3, 0.4) is 0 Å². The Morgan fingerprint density at radius 2 is 2.12 bits per heavy atom. The molecule has 0 aliphatic heterocycles. The molecule has 94 valence electrons. The summed E-state index contributed by atoms with van der Waals surface area (Å²) in [7, 11) is 0. The van der Waals surface area contributed by atoms with E-state index in [4.69, 9.17) is 10.5 Å². The Morgan fingerprint density at radius 1 is 1.35 bits per heavy atom. The Bertz CT molecular complexity index is 386. The quantitative estimate of drug-likeness (QED) is 0.723. The maximum absolute atomic E-state index is 13.2. The average molecular weight is 244 g/mol. The van der Waals surface area contributed by atoms with Crippen LogP contribution in [0.15, 0.2) is 18.2 Å². The lowest BCUT2D eigenvalue weighted by atomic mass is 10.2. The zero-order valence-corrected chi connectivity index (χ0v) is 9.21. The van der Waals surface area contributed by atoms with E-state index in [-0.39, 0.29) is 18.7 Å². The smallest absolute Gasteiger partial charge is 0.254 e. The van der Waals surface area contributed by atoms with E-state index in [0.29, 0.717) is 13.2 Å². The summed E-state index contributed by atoms with van der Waals surface area (Å²) in [6, 6.07) is 2.72. The van der Waals surface area contributed by atoms with E-state index >= 15 is 0 Å². The fraction of sp³-hybridized carbons (Fsp3) is 0.364. The van der Waals surface area contributed by atoms with Crippen molar-refractivity contribution in [3.8, 4) is 0 Å².